The third-order valence-electron chi connectivity index (χ3n) is 2.42. The average Bonchev–Trinajstić information content (AvgIpc) is 2.27. The summed E-state index contributed by atoms with van der Waals surface area (Å²) in [6.45, 7) is 4.90. The van der Waals surface area contributed by atoms with E-state index in [4.69, 9.17) is 9.47 Å². The zero-order chi connectivity index (χ0) is 13.5. The Balaban J connectivity index is 3.03. The molecule has 0 saturated carbocycles. The van der Waals surface area contributed by atoms with Crippen molar-refractivity contribution < 1.29 is 19.1 Å². The highest BCUT2D eigenvalue weighted by atomic mass is 16.5. The minimum atomic E-state index is -0.382. The van der Waals surface area contributed by atoms with Gasteiger partial charge in [-0.05, 0) is 18.1 Å². The molecule has 0 aromatic heterocycles. The van der Waals surface area contributed by atoms with Crippen molar-refractivity contribution in [1.82, 2.24) is 0 Å². The van der Waals surface area contributed by atoms with Crippen LogP contribution in [0.1, 0.15) is 38.3 Å². The van der Waals surface area contributed by atoms with Crippen LogP contribution in [0.25, 0.3) is 0 Å². The van der Waals surface area contributed by atoms with Gasteiger partial charge >= 0.3 is 11.9 Å². The molecule has 0 fully saturated rings. The Hall–Kier alpha value is -1.84. The quantitative estimate of drug-likeness (QED) is 0.595. The van der Waals surface area contributed by atoms with E-state index in [9.17, 15) is 9.59 Å². The summed E-state index contributed by atoms with van der Waals surface area (Å²) in [5.41, 5.74) is 1.81. The second-order valence-corrected chi connectivity index (χ2v) is 4.02. The number of hydrogen-bond donors (Lipinski definition) is 0. The molecule has 0 bridgehead atoms. The molecular formula is C14H18O4. The van der Waals surface area contributed by atoms with Gasteiger partial charge in [-0.15, -0.1) is 0 Å². The molecule has 0 amide bonds. The average molecular weight is 250 g/mol. The molecule has 0 radical (unpaired) electrons. The van der Waals surface area contributed by atoms with Crippen LogP contribution in [0.4, 0.5) is 0 Å². The van der Waals surface area contributed by atoms with E-state index >= 15 is 0 Å². The van der Waals surface area contributed by atoms with Crippen molar-refractivity contribution in [3.8, 4) is 5.75 Å². The van der Waals surface area contributed by atoms with Crippen molar-refractivity contribution in [2.24, 2.45) is 0 Å². The summed E-state index contributed by atoms with van der Waals surface area (Å²) in [4.78, 5) is 21.9. The first-order valence-electron chi connectivity index (χ1n) is 5.97. The normalized spacial score (nSPS) is 9.94. The first kappa shape index (κ1) is 14.2. The molecule has 18 heavy (non-hydrogen) atoms. The molecule has 0 unspecified atom stereocenters. The minimum Gasteiger partial charge on any atom is -0.461 e. The monoisotopic (exact) mass is 250 g/mol. The summed E-state index contributed by atoms with van der Waals surface area (Å²) in [7, 11) is 0. The smallest absolute Gasteiger partial charge is 0.308 e. The maximum absolute atomic E-state index is 11.0. The van der Waals surface area contributed by atoms with E-state index in [0.29, 0.717) is 5.75 Å². The van der Waals surface area contributed by atoms with Gasteiger partial charge < -0.3 is 9.47 Å². The van der Waals surface area contributed by atoms with E-state index < -0.39 is 0 Å². The SMILES string of the molecule is CCCc1cccc(OC(C)=O)c1COC(C)=O. The fourth-order valence-corrected chi connectivity index (χ4v) is 1.70. The third kappa shape index (κ3) is 4.20. The molecule has 0 saturated heterocycles. The molecule has 0 spiro atoms. The summed E-state index contributed by atoms with van der Waals surface area (Å²) in [5.74, 6) is -0.266. The van der Waals surface area contributed by atoms with Crippen LogP contribution in [-0.4, -0.2) is 11.9 Å². The van der Waals surface area contributed by atoms with Gasteiger partial charge in [-0.2, -0.15) is 0 Å². The molecule has 1 rings (SSSR count). The molecule has 1 aromatic rings. The van der Waals surface area contributed by atoms with Crippen LogP contribution in [0.2, 0.25) is 0 Å². The lowest BCUT2D eigenvalue weighted by Crippen LogP contribution is -2.08. The molecule has 4 heteroatoms. The van der Waals surface area contributed by atoms with Gasteiger partial charge in [0.1, 0.15) is 12.4 Å². The van der Waals surface area contributed by atoms with Crippen LogP contribution < -0.4 is 4.74 Å². The number of hydrogen-bond acceptors (Lipinski definition) is 4. The molecule has 1 aromatic carbocycles. The minimum absolute atomic E-state index is 0.133. The van der Waals surface area contributed by atoms with Crippen LogP contribution in [0.15, 0.2) is 18.2 Å². The van der Waals surface area contributed by atoms with Gasteiger partial charge in [0.15, 0.2) is 0 Å². The first-order valence-corrected chi connectivity index (χ1v) is 5.97. The molecule has 98 valence electrons. The number of rotatable bonds is 5. The van der Waals surface area contributed by atoms with Crippen LogP contribution in [0.5, 0.6) is 5.75 Å². The number of carbonyl (C=O) groups excluding carboxylic acids is 2. The van der Waals surface area contributed by atoms with Crippen LogP contribution in [-0.2, 0) is 27.4 Å². The number of ether oxygens (including phenoxy) is 2. The fraction of sp³-hybridized carbons (Fsp3) is 0.429. The summed E-state index contributed by atoms with van der Waals surface area (Å²) in [6, 6.07) is 5.50. The Labute approximate surface area is 107 Å². The molecule has 0 heterocycles. The second-order valence-electron chi connectivity index (χ2n) is 4.02. The van der Waals surface area contributed by atoms with Gasteiger partial charge in [0.05, 0.1) is 0 Å². The van der Waals surface area contributed by atoms with Crippen molar-refractivity contribution in [3.63, 3.8) is 0 Å². The van der Waals surface area contributed by atoms with E-state index in [1.807, 2.05) is 12.1 Å². The molecular weight excluding hydrogens is 232 g/mol. The zero-order valence-corrected chi connectivity index (χ0v) is 11.0. The van der Waals surface area contributed by atoms with Gasteiger partial charge in [0.25, 0.3) is 0 Å². The standard InChI is InChI=1S/C14H18O4/c1-4-6-12-7-5-8-14(18-11(3)16)13(12)9-17-10(2)15/h5,7-8H,4,6,9H2,1-3H3. The van der Waals surface area contributed by atoms with E-state index in [1.54, 1.807) is 6.07 Å². The Morgan fingerprint density at radius 2 is 1.89 bits per heavy atom. The topological polar surface area (TPSA) is 52.6 Å². The zero-order valence-electron chi connectivity index (χ0n) is 11.0. The Morgan fingerprint density at radius 1 is 1.17 bits per heavy atom. The number of benzene rings is 1. The third-order valence-corrected chi connectivity index (χ3v) is 2.42. The molecule has 0 N–H and O–H groups in total. The lowest BCUT2D eigenvalue weighted by molar-refractivity contribution is -0.142. The molecule has 4 nitrogen and oxygen atoms in total. The Bertz CT molecular complexity index is 437. The Morgan fingerprint density at radius 3 is 2.44 bits per heavy atom. The van der Waals surface area contributed by atoms with Gasteiger partial charge in [-0.1, -0.05) is 25.5 Å². The largest absolute Gasteiger partial charge is 0.461 e. The molecule has 0 aliphatic carbocycles. The van der Waals surface area contributed by atoms with Crippen LogP contribution in [0, 0.1) is 0 Å². The highest BCUT2D eigenvalue weighted by Crippen LogP contribution is 2.25. The summed E-state index contributed by atoms with van der Waals surface area (Å²) in [6.07, 6.45) is 1.82. The fourth-order valence-electron chi connectivity index (χ4n) is 1.70. The van der Waals surface area contributed by atoms with Crippen molar-refractivity contribution in [1.29, 1.82) is 0 Å². The second kappa shape index (κ2) is 6.79. The maximum atomic E-state index is 11.0. The van der Waals surface area contributed by atoms with Crippen LogP contribution >= 0.6 is 0 Å². The van der Waals surface area contributed by atoms with E-state index in [2.05, 4.69) is 6.92 Å². The van der Waals surface area contributed by atoms with Gasteiger partial charge in [0, 0.05) is 19.4 Å². The maximum Gasteiger partial charge on any atom is 0.308 e. The van der Waals surface area contributed by atoms with E-state index in [1.165, 1.54) is 13.8 Å². The van der Waals surface area contributed by atoms with Crippen molar-refractivity contribution in [2.75, 3.05) is 0 Å². The van der Waals surface area contributed by atoms with Crippen molar-refractivity contribution in [3.05, 3.63) is 29.3 Å². The molecule has 0 atom stereocenters. The van der Waals surface area contributed by atoms with E-state index in [0.717, 1.165) is 24.0 Å². The predicted molar refractivity (Wildman–Crippen MR) is 67.2 cm³/mol. The summed E-state index contributed by atoms with van der Waals surface area (Å²) in [5, 5.41) is 0. The van der Waals surface area contributed by atoms with Gasteiger partial charge in [-0.25, -0.2) is 0 Å². The number of aryl methyl sites for hydroxylation is 1. The molecule has 0 aliphatic rings. The first-order chi connectivity index (χ1) is 8.54. The van der Waals surface area contributed by atoms with Crippen molar-refractivity contribution in [2.45, 2.75) is 40.2 Å². The van der Waals surface area contributed by atoms with Gasteiger partial charge in [-0.3, -0.25) is 9.59 Å². The van der Waals surface area contributed by atoms with E-state index in [-0.39, 0.29) is 18.5 Å². The number of esters is 2. The lowest BCUT2D eigenvalue weighted by atomic mass is 10.0. The lowest BCUT2D eigenvalue weighted by Gasteiger charge is -2.13. The Kier molecular flexibility index (Phi) is 5.36. The summed E-state index contributed by atoms with van der Waals surface area (Å²) >= 11 is 0. The van der Waals surface area contributed by atoms with Gasteiger partial charge in [0.2, 0.25) is 0 Å². The predicted octanol–water partition coefficient (Wildman–Crippen LogP) is 2.63. The molecule has 0 aliphatic heterocycles. The van der Waals surface area contributed by atoms with Crippen molar-refractivity contribution >= 4 is 11.9 Å². The summed E-state index contributed by atoms with van der Waals surface area (Å²) < 4.78 is 10.1. The highest BCUT2D eigenvalue weighted by molar-refractivity contribution is 5.70. The highest BCUT2D eigenvalue weighted by Gasteiger charge is 2.12. The van der Waals surface area contributed by atoms with Crippen LogP contribution in [0.3, 0.4) is 0 Å². The number of carbonyl (C=O) groups is 2.